The van der Waals surface area contributed by atoms with E-state index in [9.17, 15) is 0 Å². The highest BCUT2D eigenvalue weighted by Gasteiger charge is 2.29. The molecule has 1 unspecified atom stereocenters. The number of hydrogen-bond acceptors (Lipinski definition) is 6. The Labute approximate surface area is 111 Å². The van der Waals surface area contributed by atoms with Gasteiger partial charge in [-0.15, -0.1) is 0 Å². The molecule has 108 valence electrons. The van der Waals surface area contributed by atoms with Crippen LogP contribution in [0.15, 0.2) is 0 Å². The fraction of sp³-hybridized carbons (Fsp3) is 1.00. The average Bonchev–Trinajstić information content (AvgIpc) is 3.22. The van der Waals surface area contributed by atoms with Crippen molar-refractivity contribution in [2.24, 2.45) is 0 Å². The Bertz CT molecular complexity index is 199. The van der Waals surface area contributed by atoms with Crippen LogP contribution in [0.5, 0.6) is 0 Å². The first-order chi connectivity index (χ1) is 8.76. The van der Waals surface area contributed by atoms with Gasteiger partial charge in [-0.05, 0) is 12.5 Å². The van der Waals surface area contributed by atoms with Crippen molar-refractivity contribution in [3.05, 3.63) is 0 Å². The van der Waals surface area contributed by atoms with Gasteiger partial charge in [-0.25, -0.2) is 0 Å². The van der Waals surface area contributed by atoms with Crippen molar-refractivity contribution >= 4 is 9.76 Å². The molecular weight excluding hydrogens is 256 g/mol. The van der Waals surface area contributed by atoms with E-state index in [4.69, 9.17) is 28.1 Å². The van der Waals surface area contributed by atoms with Crippen LogP contribution in [0.25, 0.3) is 0 Å². The molecule has 1 aliphatic rings. The zero-order valence-corrected chi connectivity index (χ0v) is 12.9. The highest BCUT2D eigenvalue weighted by molar-refractivity contribution is 6.26. The van der Waals surface area contributed by atoms with Crippen molar-refractivity contribution in [3.63, 3.8) is 0 Å². The maximum atomic E-state index is 5.60. The molecule has 0 aromatic rings. The first kappa shape index (κ1) is 16.0. The molecule has 0 spiro atoms. The van der Waals surface area contributed by atoms with E-state index in [1.807, 2.05) is 0 Å². The van der Waals surface area contributed by atoms with Gasteiger partial charge < -0.3 is 28.1 Å². The molecular formula is C11H24O6Si. The molecule has 0 saturated carbocycles. The van der Waals surface area contributed by atoms with Crippen LogP contribution in [0.2, 0.25) is 6.04 Å². The molecule has 0 N–H and O–H groups in total. The van der Waals surface area contributed by atoms with Gasteiger partial charge in [0.1, 0.15) is 12.7 Å². The van der Waals surface area contributed by atoms with Gasteiger partial charge in [-0.3, -0.25) is 0 Å². The van der Waals surface area contributed by atoms with Crippen molar-refractivity contribution in [3.8, 4) is 0 Å². The van der Waals surface area contributed by atoms with Crippen molar-refractivity contribution in [2.75, 3.05) is 47.8 Å². The highest BCUT2D eigenvalue weighted by Crippen LogP contribution is 2.12. The summed E-state index contributed by atoms with van der Waals surface area (Å²) in [5.74, 6) is -1.06. The van der Waals surface area contributed by atoms with Crippen LogP contribution >= 0.6 is 0 Å². The zero-order valence-electron chi connectivity index (χ0n) is 11.5. The standard InChI is InChI=1S/C11H24O6Si/c1-12-11(13-2,14-3)9-17-18-6-4-5-15-7-10-8-16-10/h10H,4-9,18H2,1-3H3. The lowest BCUT2D eigenvalue weighted by Gasteiger charge is -2.28. The largest absolute Gasteiger partial charge is 0.416 e. The monoisotopic (exact) mass is 280 g/mol. The van der Waals surface area contributed by atoms with Crippen LogP contribution in [-0.2, 0) is 28.1 Å². The second kappa shape index (κ2) is 8.97. The summed E-state index contributed by atoms with van der Waals surface area (Å²) in [6.45, 7) is 2.66. The minimum atomic E-state index is -1.06. The van der Waals surface area contributed by atoms with E-state index in [1.54, 1.807) is 0 Å². The van der Waals surface area contributed by atoms with Gasteiger partial charge in [0, 0.05) is 27.9 Å². The predicted molar refractivity (Wildman–Crippen MR) is 68.2 cm³/mol. The summed E-state index contributed by atoms with van der Waals surface area (Å²) in [5, 5.41) is 0. The minimum absolute atomic E-state index is 0.305. The van der Waals surface area contributed by atoms with Gasteiger partial charge in [0.15, 0.2) is 9.76 Å². The summed E-state index contributed by atoms with van der Waals surface area (Å²) in [7, 11) is 4.02. The topological polar surface area (TPSA) is 58.7 Å². The van der Waals surface area contributed by atoms with Crippen molar-refractivity contribution in [2.45, 2.75) is 24.5 Å². The summed E-state index contributed by atoms with van der Waals surface area (Å²) in [6.07, 6.45) is 1.38. The summed E-state index contributed by atoms with van der Waals surface area (Å²) < 4.78 is 31.5. The second-order valence-corrected chi connectivity index (χ2v) is 5.61. The first-order valence-electron chi connectivity index (χ1n) is 6.19. The van der Waals surface area contributed by atoms with E-state index in [-0.39, 0.29) is 0 Å². The number of methoxy groups -OCH3 is 3. The third kappa shape index (κ3) is 6.23. The third-order valence-electron chi connectivity index (χ3n) is 2.75. The lowest BCUT2D eigenvalue weighted by Crippen LogP contribution is -2.41. The minimum Gasteiger partial charge on any atom is -0.416 e. The van der Waals surface area contributed by atoms with Crippen LogP contribution in [0, 0.1) is 0 Å². The Morgan fingerprint density at radius 2 is 1.89 bits per heavy atom. The smallest absolute Gasteiger partial charge is 0.305 e. The van der Waals surface area contributed by atoms with Crippen molar-refractivity contribution in [1.29, 1.82) is 0 Å². The van der Waals surface area contributed by atoms with Crippen LogP contribution in [0.4, 0.5) is 0 Å². The molecule has 0 aliphatic carbocycles. The number of hydrogen-bond donors (Lipinski definition) is 0. The van der Waals surface area contributed by atoms with E-state index in [2.05, 4.69) is 0 Å². The molecule has 1 heterocycles. The zero-order chi connectivity index (χ0) is 13.3. The number of epoxide rings is 1. The van der Waals surface area contributed by atoms with Gasteiger partial charge in [0.05, 0.1) is 13.2 Å². The second-order valence-electron chi connectivity index (χ2n) is 4.09. The van der Waals surface area contributed by atoms with Crippen LogP contribution in [0.3, 0.4) is 0 Å². The molecule has 0 bridgehead atoms. The number of rotatable bonds is 12. The Kier molecular flexibility index (Phi) is 7.99. The quantitative estimate of drug-likeness (QED) is 0.215. The van der Waals surface area contributed by atoms with Crippen molar-refractivity contribution in [1.82, 2.24) is 0 Å². The van der Waals surface area contributed by atoms with Gasteiger partial charge in [0.2, 0.25) is 0 Å². The van der Waals surface area contributed by atoms with Gasteiger partial charge in [-0.1, -0.05) is 0 Å². The fourth-order valence-electron chi connectivity index (χ4n) is 1.41. The molecule has 1 rings (SSSR count). The predicted octanol–water partition coefficient (Wildman–Crippen LogP) is -0.0964. The molecule has 1 fully saturated rings. The molecule has 6 nitrogen and oxygen atoms in total. The van der Waals surface area contributed by atoms with E-state index in [1.165, 1.54) is 21.3 Å². The molecule has 18 heavy (non-hydrogen) atoms. The highest BCUT2D eigenvalue weighted by atomic mass is 28.2. The van der Waals surface area contributed by atoms with Crippen LogP contribution in [-0.4, -0.2) is 69.6 Å². The first-order valence-corrected chi connectivity index (χ1v) is 7.76. The summed E-state index contributed by atoms with van der Waals surface area (Å²) in [5.41, 5.74) is 0. The molecule has 1 atom stereocenters. The summed E-state index contributed by atoms with van der Waals surface area (Å²) in [4.78, 5) is 0. The van der Waals surface area contributed by atoms with Gasteiger partial charge in [-0.2, -0.15) is 0 Å². The summed E-state index contributed by atoms with van der Waals surface area (Å²) >= 11 is 0. The number of ether oxygens (including phenoxy) is 5. The summed E-state index contributed by atoms with van der Waals surface area (Å²) in [6, 6.07) is 1.07. The molecule has 7 heteroatoms. The van der Waals surface area contributed by atoms with E-state index < -0.39 is 15.7 Å². The van der Waals surface area contributed by atoms with Crippen molar-refractivity contribution < 1.29 is 28.1 Å². The maximum Gasteiger partial charge on any atom is 0.305 e. The van der Waals surface area contributed by atoms with Crippen LogP contribution in [0.1, 0.15) is 6.42 Å². The van der Waals surface area contributed by atoms with E-state index in [0.29, 0.717) is 12.7 Å². The third-order valence-corrected chi connectivity index (χ3v) is 4.03. The average molecular weight is 280 g/mol. The molecule has 1 saturated heterocycles. The lowest BCUT2D eigenvalue weighted by molar-refractivity contribution is -0.361. The molecule has 0 radical (unpaired) electrons. The molecule has 0 aromatic carbocycles. The Morgan fingerprint density at radius 1 is 1.22 bits per heavy atom. The Morgan fingerprint density at radius 3 is 2.44 bits per heavy atom. The lowest BCUT2D eigenvalue weighted by atomic mass is 10.5. The fourth-order valence-corrected chi connectivity index (χ4v) is 2.42. The molecule has 0 amide bonds. The van der Waals surface area contributed by atoms with E-state index in [0.717, 1.165) is 32.3 Å². The van der Waals surface area contributed by atoms with E-state index >= 15 is 0 Å². The Balaban J connectivity index is 1.89. The van der Waals surface area contributed by atoms with Gasteiger partial charge in [0.25, 0.3) is 0 Å². The SMILES string of the molecule is COC(CO[SiH2]CCCOCC1CO1)(OC)OC. The molecule has 1 aliphatic heterocycles. The normalized spacial score (nSPS) is 19.8. The molecule has 0 aromatic heterocycles. The maximum absolute atomic E-state index is 5.60. The Hall–Kier alpha value is -0.0231. The van der Waals surface area contributed by atoms with Gasteiger partial charge >= 0.3 is 5.97 Å². The van der Waals surface area contributed by atoms with Crippen LogP contribution < -0.4 is 0 Å².